The minimum atomic E-state index is -0.0484. The van der Waals surface area contributed by atoms with E-state index in [1.165, 1.54) is 5.56 Å². The molecule has 2 aromatic heterocycles. The Bertz CT molecular complexity index is 947. The van der Waals surface area contributed by atoms with Crippen LogP contribution in [0.2, 0.25) is 0 Å². The summed E-state index contributed by atoms with van der Waals surface area (Å²) in [4.78, 5) is 13.7. The van der Waals surface area contributed by atoms with Crippen molar-refractivity contribution in [2.45, 2.75) is 32.3 Å². The van der Waals surface area contributed by atoms with Gasteiger partial charge in [-0.15, -0.1) is 0 Å². The van der Waals surface area contributed by atoms with Gasteiger partial charge in [-0.1, -0.05) is 12.1 Å². The van der Waals surface area contributed by atoms with Crippen LogP contribution >= 0.6 is 0 Å². The van der Waals surface area contributed by atoms with E-state index in [1.54, 1.807) is 19.5 Å². The molecule has 0 saturated heterocycles. The fourth-order valence-electron chi connectivity index (χ4n) is 3.42. The second-order valence-electron chi connectivity index (χ2n) is 6.87. The maximum Gasteiger partial charge on any atom is 0.161 e. The van der Waals surface area contributed by atoms with E-state index in [1.807, 2.05) is 43.3 Å². The summed E-state index contributed by atoms with van der Waals surface area (Å²) in [6.45, 7) is 2.67. The number of methoxy groups -OCH3 is 1. The molecule has 0 aliphatic heterocycles. The van der Waals surface area contributed by atoms with E-state index < -0.39 is 0 Å². The quantitative estimate of drug-likeness (QED) is 0.674. The molecule has 1 aliphatic carbocycles. The molecule has 0 fully saturated rings. The lowest BCUT2D eigenvalue weighted by Crippen LogP contribution is -2.24. The Morgan fingerprint density at radius 3 is 2.61 bits per heavy atom. The lowest BCUT2D eigenvalue weighted by molar-refractivity contribution is 0.223. The van der Waals surface area contributed by atoms with Crippen LogP contribution in [0.3, 0.4) is 0 Å². The molecule has 0 bridgehead atoms. The van der Waals surface area contributed by atoms with Crippen LogP contribution in [0.4, 0.5) is 5.82 Å². The molecule has 4 rings (SSSR count). The molecular weight excluding hydrogens is 352 g/mol. The van der Waals surface area contributed by atoms with Crippen LogP contribution in [0.15, 0.2) is 48.8 Å². The molecule has 0 spiro atoms. The molecule has 0 saturated carbocycles. The standard InChI is InChI=1S/C22H24N4O2/c1-15(28-20-9-4-3-8-19(20)27-2)14-24-22-17-6-5-7-18(17)25-21(26-22)16-10-12-23-13-11-16/h3-4,8-13,15H,5-7,14H2,1-2H3,(H,24,25,26). The van der Waals surface area contributed by atoms with Crippen LogP contribution in [0.5, 0.6) is 11.5 Å². The van der Waals surface area contributed by atoms with Crippen LogP contribution in [-0.2, 0) is 12.8 Å². The Hall–Kier alpha value is -3.15. The maximum atomic E-state index is 6.05. The van der Waals surface area contributed by atoms with Gasteiger partial charge in [-0.25, -0.2) is 9.97 Å². The Kier molecular flexibility index (Phi) is 5.37. The molecule has 2 heterocycles. The molecule has 1 N–H and O–H groups in total. The number of ether oxygens (including phenoxy) is 2. The minimum Gasteiger partial charge on any atom is -0.493 e. The second-order valence-corrected chi connectivity index (χ2v) is 6.87. The zero-order valence-electron chi connectivity index (χ0n) is 16.2. The van der Waals surface area contributed by atoms with Gasteiger partial charge in [0.2, 0.25) is 0 Å². The van der Waals surface area contributed by atoms with E-state index in [9.17, 15) is 0 Å². The second kappa shape index (κ2) is 8.25. The maximum absolute atomic E-state index is 6.05. The third kappa shape index (κ3) is 3.91. The van der Waals surface area contributed by atoms with Gasteiger partial charge in [-0.2, -0.15) is 0 Å². The minimum absolute atomic E-state index is 0.0484. The Balaban J connectivity index is 1.51. The number of nitrogens with zero attached hydrogens (tertiary/aromatic N) is 3. The predicted molar refractivity (Wildman–Crippen MR) is 109 cm³/mol. The lowest BCUT2D eigenvalue weighted by Gasteiger charge is -2.19. The van der Waals surface area contributed by atoms with E-state index in [0.717, 1.165) is 53.7 Å². The number of hydrogen-bond acceptors (Lipinski definition) is 6. The van der Waals surface area contributed by atoms with E-state index >= 15 is 0 Å². The normalized spacial score (nSPS) is 13.6. The van der Waals surface area contributed by atoms with Crippen molar-refractivity contribution in [2.24, 2.45) is 0 Å². The lowest BCUT2D eigenvalue weighted by atomic mass is 10.2. The van der Waals surface area contributed by atoms with E-state index in [-0.39, 0.29) is 6.10 Å². The molecule has 1 aromatic carbocycles. The van der Waals surface area contributed by atoms with Gasteiger partial charge in [0, 0.05) is 29.2 Å². The summed E-state index contributed by atoms with van der Waals surface area (Å²) >= 11 is 0. The first-order valence-electron chi connectivity index (χ1n) is 9.58. The van der Waals surface area contributed by atoms with Crippen molar-refractivity contribution < 1.29 is 9.47 Å². The van der Waals surface area contributed by atoms with Gasteiger partial charge in [0.1, 0.15) is 11.9 Å². The summed E-state index contributed by atoms with van der Waals surface area (Å²) in [5.74, 6) is 3.12. The number of nitrogens with one attached hydrogen (secondary N) is 1. The summed E-state index contributed by atoms with van der Waals surface area (Å²) in [5, 5.41) is 3.48. The molecule has 144 valence electrons. The summed E-state index contributed by atoms with van der Waals surface area (Å²) in [7, 11) is 1.65. The van der Waals surface area contributed by atoms with E-state index in [4.69, 9.17) is 19.4 Å². The number of anilines is 1. The van der Waals surface area contributed by atoms with Crippen LogP contribution in [0, 0.1) is 0 Å². The third-order valence-electron chi connectivity index (χ3n) is 4.83. The average molecular weight is 376 g/mol. The van der Waals surface area contributed by atoms with Gasteiger partial charge >= 0.3 is 0 Å². The molecule has 1 unspecified atom stereocenters. The van der Waals surface area contributed by atoms with Gasteiger partial charge in [-0.05, 0) is 50.5 Å². The predicted octanol–water partition coefficient (Wildman–Crippen LogP) is 3.92. The fourth-order valence-corrected chi connectivity index (χ4v) is 3.42. The first kappa shape index (κ1) is 18.2. The van der Waals surface area contributed by atoms with Crippen molar-refractivity contribution in [3.05, 3.63) is 60.0 Å². The van der Waals surface area contributed by atoms with Crippen molar-refractivity contribution in [1.82, 2.24) is 15.0 Å². The summed E-state index contributed by atoms with van der Waals surface area (Å²) in [6.07, 6.45) is 6.61. The van der Waals surface area contributed by atoms with Crippen molar-refractivity contribution in [3.8, 4) is 22.9 Å². The molecule has 3 aromatic rings. The molecule has 6 nitrogen and oxygen atoms in total. The zero-order chi connectivity index (χ0) is 19.3. The highest BCUT2D eigenvalue weighted by atomic mass is 16.5. The Morgan fingerprint density at radius 2 is 1.82 bits per heavy atom. The van der Waals surface area contributed by atoms with Gasteiger partial charge in [0.15, 0.2) is 17.3 Å². The summed E-state index contributed by atoms with van der Waals surface area (Å²) < 4.78 is 11.4. The molecule has 0 amide bonds. The molecule has 6 heteroatoms. The average Bonchev–Trinajstić information content (AvgIpc) is 3.22. The SMILES string of the molecule is COc1ccccc1OC(C)CNc1nc(-c2ccncc2)nc2c1CCC2. The molecule has 28 heavy (non-hydrogen) atoms. The number of rotatable bonds is 7. The van der Waals surface area contributed by atoms with Crippen LogP contribution in [0.1, 0.15) is 24.6 Å². The van der Waals surface area contributed by atoms with Crippen molar-refractivity contribution in [2.75, 3.05) is 19.0 Å². The monoisotopic (exact) mass is 376 g/mol. The van der Waals surface area contributed by atoms with Gasteiger partial charge in [0.05, 0.1) is 13.7 Å². The molecule has 1 aliphatic rings. The number of hydrogen-bond donors (Lipinski definition) is 1. The number of aromatic nitrogens is 3. The zero-order valence-corrected chi connectivity index (χ0v) is 16.2. The number of para-hydroxylation sites is 2. The number of pyridine rings is 1. The highest BCUT2D eigenvalue weighted by Gasteiger charge is 2.20. The fraction of sp³-hybridized carbons (Fsp3) is 0.318. The van der Waals surface area contributed by atoms with Crippen LogP contribution < -0.4 is 14.8 Å². The van der Waals surface area contributed by atoms with Crippen molar-refractivity contribution >= 4 is 5.82 Å². The van der Waals surface area contributed by atoms with Gasteiger partial charge in [-0.3, -0.25) is 4.98 Å². The highest BCUT2D eigenvalue weighted by Crippen LogP contribution is 2.30. The summed E-state index contributed by atoms with van der Waals surface area (Å²) in [6, 6.07) is 11.6. The molecule has 0 radical (unpaired) electrons. The van der Waals surface area contributed by atoms with Gasteiger partial charge < -0.3 is 14.8 Å². The number of benzene rings is 1. The third-order valence-corrected chi connectivity index (χ3v) is 4.83. The van der Waals surface area contributed by atoms with Crippen LogP contribution in [-0.4, -0.2) is 34.7 Å². The largest absolute Gasteiger partial charge is 0.493 e. The smallest absolute Gasteiger partial charge is 0.161 e. The van der Waals surface area contributed by atoms with E-state index in [2.05, 4.69) is 10.3 Å². The van der Waals surface area contributed by atoms with Crippen LogP contribution in [0.25, 0.3) is 11.4 Å². The van der Waals surface area contributed by atoms with Gasteiger partial charge in [0.25, 0.3) is 0 Å². The van der Waals surface area contributed by atoms with Crippen molar-refractivity contribution in [3.63, 3.8) is 0 Å². The first-order valence-corrected chi connectivity index (χ1v) is 9.58. The topological polar surface area (TPSA) is 69.2 Å². The Labute approximate surface area is 165 Å². The number of fused-ring (bicyclic) bond motifs is 1. The molecular formula is C22H24N4O2. The van der Waals surface area contributed by atoms with E-state index in [0.29, 0.717) is 6.54 Å². The Morgan fingerprint density at radius 1 is 1.04 bits per heavy atom. The molecule has 1 atom stereocenters. The summed E-state index contributed by atoms with van der Waals surface area (Å²) in [5.41, 5.74) is 3.34. The highest BCUT2D eigenvalue weighted by molar-refractivity contribution is 5.60. The van der Waals surface area contributed by atoms with Crippen molar-refractivity contribution in [1.29, 1.82) is 0 Å². The number of aryl methyl sites for hydroxylation is 1. The first-order chi connectivity index (χ1) is 13.7.